The van der Waals surface area contributed by atoms with Crippen molar-refractivity contribution >= 4 is 12.2 Å². The average molecular weight is 262 g/mol. The molecular weight excluding hydrogens is 244 g/mol. The van der Waals surface area contributed by atoms with Crippen LogP contribution >= 0.6 is 12.2 Å². The maximum absolute atomic E-state index is 9.28. The number of H-pyrrole nitrogens is 1. The molecule has 1 unspecified atom stereocenters. The Morgan fingerprint density at radius 2 is 2.06 bits per heavy atom. The Balaban J connectivity index is 2.06. The van der Waals surface area contributed by atoms with Crippen molar-refractivity contribution in [3.63, 3.8) is 0 Å². The van der Waals surface area contributed by atoms with Crippen LogP contribution in [0.15, 0.2) is 36.5 Å². The third kappa shape index (κ3) is 2.89. The second-order valence-corrected chi connectivity index (χ2v) is 4.87. The van der Waals surface area contributed by atoms with Gasteiger partial charge in [-0.15, -0.1) is 0 Å². The van der Waals surface area contributed by atoms with E-state index in [0.717, 1.165) is 18.5 Å². The van der Waals surface area contributed by atoms with Gasteiger partial charge < -0.3 is 14.7 Å². The lowest BCUT2D eigenvalue weighted by Crippen LogP contribution is -2.10. The number of nitrogens with zero attached hydrogens (tertiary/aromatic N) is 1. The maximum Gasteiger partial charge on any atom is 0.177 e. The summed E-state index contributed by atoms with van der Waals surface area (Å²) in [5.74, 6) is 0. The van der Waals surface area contributed by atoms with E-state index in [9.17, 15) is 5.11 Å². The predicted octanol–water partition coefficient (Wildman–Crippen LogP) is 3.23. The van der Waals surface area contributed by atoms with Crippen LogP contribution in [-0.2, 0) is 13.0 Å². The maximum atomic E-state index is 9.28. The number of aryl methyl sites for hydroxylation is 1. The summed E-state index contributed by atoms with van der Waals surface area (Å²) in [6, 6.07) is 10.7. The van der Waals surface area contributed by atoms with Gasteiger partial charge in [0.1, 0.15) is 0 Å². The lowest BCUT2D eigenvalue weighted by atomic mass is 10.1. The quantitative estimate of drug-likeness (QED) is 0.812. The minimum Gasteiger partial charge on any atom is -0.390 e. The van der Waals surface area contributed by atoms with Crippen LogP contribution in [0.3, 0.4) is 0 Å². The number of benzene rings is 1. The Kier molecular flexibility index (Phi) is 4.33. The fourth-order valence-electron chi connectivity index (χ4n) is 2.17. The third-order valence-corrected chi connectivity index (χ3v) is 3.50. The molecule has 0 aliphatic rings. The largest absolute Gasteiger partial charge is 0.390 e. The number of aliphatic hydroxyl groups is 1. The van der Waals surface area contributed by atoms with Gasteiger partial charge >= 0.3 is 0 Å². The van der Waals surface area contributed by atoms with Gasteiger partial charge in [-0.1, -0.05) is 30.3 Å². The van der Waals surface area contributed by atoms with Crippen molar-refractivity contribution in [1.29, 1.82) is 0 Å². The van der Waals surface area contributed by atoms with Crippen LogP contribution in [-0.4, -0.2) is 14.7 Å². The Morgan fingerprint density at radius 1 is 1.33 bits per heavy atom. The SMILES string of the molecule is CC(CCc1ccccc1)n1c(CO)c[nH]c1=S. The number of imidazole rings is 1. The monoisotopic (exact) mass is 262 g/mol. The molecule has 4 heteroatoms. The zero-order valence-electron chi connectivity index (χ0n) is 10.5. The molecule has 1 atom stereocenters. The van der Waals surface area contributed by atoms with E-state index in [1.54, 1.807) is 6.20 Å². The molecule has 0 saturated heterocycles. The molecule has 0 fully saturated rings. The Morgan fingerprint density at radius 3 is 2.72 bits per heavy atom. The third-order valence-electron chi connectivity index (χ3n) is 3.19. The summed E-state index contributed by atoms with van der Waals surface area (Å²) in [4.78, 5) is 2.99. The van der Waals surface area contributed by atoms with E-state index < -0.39 is 0 Å². The first kappa shape index (κ1) is 13.1. The van der Waals surface area contributed by atoms with Gasteiger partial charge in [0.05, 0.1) is 12.3 Å². The van der Waals surface area contributed by atoms with Crippen molar-refractivity contribution in [2.75, 3.05) is 0 Å². The molecule has 0 spiro atoms. The van der Waals surface area contributed by atoms with E-state index in [1.165, 1.54) is 5.56 Å². The minimum absolute atomic E-state index is 0.0167. The number of rotatable bonds is 5. The van der Waals surface area contributed by atoms with Gasteiger partial charge in [0.25, 0.3) is 0 Å². The second kappa shape index (κ2) is 5.98. The zero-order valence-corrected chi connectivity index (χ0v) is 11.3. The Labute approximate surface area is 112 Å². The van der Waals surface area contributed by atoms with Crippen molar-refractivity contribution in [3.8, 4) is 0 Å². The van der Waals surface area contributed by atoms with Crippen molar-refractivity contribution in [1.82, 2.24) is 9.55 Å². The fraction of sp³-hybridized carbons (Fsp3) is 0.357. The Bertz CT molecular complexity index is 544. The smallest absolute Gasteiger partial charge is 0.177 e. The normalized spacial score (nSPS) is 12.6. The van der Waals surface area contributed by atoms with Crippen LogP contribution in [0, 0.1) is 4.77 Å². The molecule has 0 saturated carbocycles. The molecule has 0 aliphatic heterocycles. The molecule has 18 heavy (non-hydrogen) atoms. The fourth-order valence-corrected chi connectivity index (χ4v) is 2.53. The molecule has 3 nitrogen and oxygen atoms in total. The van der Waals surface area contributed by atoms with E-state index >= 15 is 0 Å². The van der Waals surface area contributed by atoms with Crippen molar-refractivity contribution in [2.45, 2.75) is 32.4 Å². The van der Waals surface area contributed by atoms with E-state index in [2.05, 4.69) is 36.2 Å². The molecule has 0 radical (unpaired) electrons. The van der Waals surface area contributed by atoms with Crippen LogP contribution in [0.1, 0.15) is 30.6 Å². The van der Waals surface area contributed by atoms with E-state index in [-0.39, 0.29) is 12.6 Å². The van der Waals surface area contributed by atoms with Crippen LogP contribution in [0.5, 0.6) is 0 Å². The van der Waals surface area contributed by atoms with Gasteiger partial charge in [0, 0.05) is 12.2 Å². The van der Waals surface area contributed by atoms with Gasteiger partial charge in [-0.3, -0.25) is 0 Å². The molecule has 0 bridgehead atoms. The standard InChI is InChI=1S/C14H18N2OS/c1-11(7-8-12-5-3-2-4-6-12)16-13(10-17)9-15-14(16)18/h2-6,9,11,17H,7-8,10H2,1H3,(H,15,18). The molecule has 96 valence electrons. The molecule has 1 aromatic heterocycles. The van der Waals surface area contributed by atoms with Crippen LogP contribution < -0.4 is 0 Å². The highest BCUT2D eigenvalue weighted by atomic mass is 32.1. The molecule has 2 aromatic rings. The second-order valence-electron chi connectivity index (χ2n) is 4.49. The zero-order chi connectivity index (χ0) is 13.0. The number of aromatic nitrogens is 2. The summed E-state index contributed by atoms with van der Waals surface area (Å²) < 4.78 is 2.68. The highest BCUT2D eigenvalue weighted by Crippen LogP contribution is 2.18. The molecule has 0 amide bonds. The van der Waals surface area contributed by atoms with Gasteiger partial charge in [-0.25, -0.2) is 0 Å². The minimum atomic E-state index is 0.0167. The van der Waals surface area contributed by atoms with Crippen LogP contribution in [0.4, 0.5) is 0 Å². The van der Waals surface area contributed by atoms with Gasteiger partial charge in [0.15, 0.2) is 4.77 Å². The molecule has 1 heterocycles. The highest BCUT2D eigenvalue weighted by Gasteiger charge is 2.10. The number of hydrogen-bond donors (Lipinski definition) is 2. The average Bonchev–Trinajstić information content (AvgIpc) is 2.78. The molecule has 1 aromatic carbocycles. The summed E-state index contributed by atoms with van der Waals surface area (Å²) in [5.41, 5.74) is 2.18. The lowest BCUT2D eigenvalue weighted by molar-refractivity contribution is 0.265. The number of aromatic amines is 1. The van der Waals surface area contributed by atoms with Crippen molar-refractivity contribution in [3.05, 3.63) is 52.6 Å². The van der Waals surface area contributed by atoms with Crippen molar-refractivity contribution in [2.24, 2.45) is 0 Å². The van der Waals surface area contributed by atoms with E-state index in [4.69, 9.17) is 12.2 Å². The van der Waals surface area contributed by atoms with Gasteiger partial charge in [0.2, 0.25) is 0 Å². The summed E-state index contributed by atoms with van der Waals surface area (Å²) in [6.07, 6.45) is 3.80. The lowest BCUT2D eigenvalue weighted by Gasteiger charge is -2.16. The summed E-state index contributed by atoms with van der Waals surface area (Å²) in [5, 5.41) is 9.28. The summed E-state index contributed by atoms with van der Waals surface area (Å²) in [6.45, 7) is 2.15. The first-order chi connectivity index (χ1) is 8.72. The first-order valence-electron chi connectivity index (χ1n) is 6.16. The highest BCUT2D eigenvalue weighted by molar-refractivity contribution is 7.71. The van der Waals surface area contributed by atoms with Gasteiger partial charge in [-0.2, -0.15) is 0 Å². The molecule has 0 aliphatic carbocycles. The number of nitrogens with one attached hydrogen (secondary N) is 1. The first-order valence-corrected chi connectivity index (χ1v) is 6.56. The molecular formula is C14H18N2OS. The van der Waals surface area contributed by atoms with E-state index in [0.29, 0.717) is 4.77 Å². The van der Waals surface area contributed by atoms with Crippen molar-refractivity contribution < 1.29 is 5.11 Å². The summed E-state index contributed by atoms with van der Waals surface area (Å²) in [7, 11) is 0. The summed E-state index contributed by atoms with van der Waals surface area (Å²) >= 11 is 5.24. The van der Waals surface area contributed by atoms with E-state index in [1.807, 2.05) is 10.6 Å². The van der Waals surface area contributed by atoms with Crippen LogP contribution in [0.2, 0.25) is 0 Å². The van der Waals surface area contributed by atoms with Gasteiger partial charge in [-0.05, 0) is 37.5 Å². The van der Waals surface area contributed by atoms with Crippen LogP contribution in [0.25, 0.3) is 0 Å². The molecule has 2 N–H and O–H groups in total. The Hall–Kier alpha value is -1.39. The number of hydrogen-bond acceptors (Lipinski definition) is 2. The predicted molar refractivity (Wildman–Crippen MR) is 75.0 cm³/mol. The topological polar surface area (TPSA) is 41.0 Å². The number of aliphatic hydroxyl groups excluding tert-OH is 1. The molecule has 2 rings (SSSR count).